The van der Waals surface area contributed by atoms with Gasteiger partial charge in [-0.1, -0.05) is 6.07 Å². The molecule has 0 saturated carbocycles. The van der Waals surface area contributed by atoms with Crippen molar-refractivity contribution in [2.45, 2.75) is 11.8 Å². The molecular weight excluding hydrogens is 386 g/mol. The number of pyridine rings is 1. The summed E-state index contributed by atoms with van der Waals surface area (Å²) < 4.78 is 0. The summed E-state index contributed by atoms with van der Waals surface area (Å²) >= 11 is 1.63. The van der Waals surface area contributed by atoms with Crippen LogP contribution < -0.4 is 21.3 Å². The molecule has 1 aromatic carbocycles. The van der Waals surface area contributed by atoms with Crippen LogP contribution in [0.15, 0.2) is 59.9 Å². The number of hydrogen-bond donors (Lipinski definition) is 4. The maximum absolute atomic E-state index is 12.0. The molecule has 9 heteroatoms. The Morgan fingerprint density at radius 2 is 1.83 bits per heavy atom. The molecule has 0 aliphatic heterocycles. The van der Waals surface area contributed by atoms with E-state index in [4.69, 9.17) is 0 Å². The minimum atomic E-state index is -0.249. The maximum Gasteiger partial charge on any atom is 0.319 e. The number of nitrogens with zero attached hydrogens (tertiary/aromatic N) is 3. The summed E-state index contributed by atoms with van der Waals surface area (Å²) in [6, 6.07) is 13.1. The predicted molar refractivity (Wildman–Crippen MR) is 118 cm³/mol. The van der Waals surface area contributed by atoms with Crippen LogP contribution >= 0.6 is 11.8 Å². The van der Waals surface area contributed by atoms with Gasteiger partial charge in [-0.3, -0.25) is 0 Å². The van der Waals surface area contributed by atoms with Gasteiger partial charge >= 0.3 is 6.03 Å². The number of hydrogen-bond acceptors (Lipinski definition) is 7. The first-order valence-corrected chi connectivity index (χ1v) is 10.3. The molecule has 0 aliphatic carbocycles. The van der Waals surface area contributed by atoms with E-state index in [1.807, 2.05) is 49.6 Å². The molecule has 2 aromatic heterocycles. The van der Waals surface area contributed by atoms with Crippen molar-refractivity contribution in [2.75, 3.05) is 35.3 Å². The van der Waals surface area contributed by atoms with Gasteiger partial charge < -0.3 is 21.3 Å². The number of aryl methyl sites for hydroxylation is 1. The quantitative estimate of drug-likeness (QED) is 0.331. The highest BCUT2D eigenvalue weighted by molar-refractivity contribution is 7.98. The van der Waals surface area contributed by atoms with Crippen molar-refractivity contribution in [3.63, 3.8) is 0 Å². The second-order valence-corrected chi connectivity index (χ2v) is 7.05. The summed E-state index contributed by atoms with van der Waals surface area (Å²) in [6.07, 6.45) is 5.21. The minimum absolute atomic E-state index is 0.249. The molecule has 3 rings (SSSR count). The molecule has 3 aromatic rings. The number of carbonyl (C=O) groups is 1. The monoisotopic (exact) mass is 409 g/mol. The number of carbonyl (C=O) groups excluding carboxylic acids is 1. The summed E-state index contributed by atoms with van der Waals surface area (Å²) in [4.78, 5) is 25.7. The van der Waals surface area contributed by atoms with E-state index in [1.54, 1.807) is 24.0 Å². The molecule has 29 heavy (non-hydrogen) atoms. The average Bonchev–Trinajstić information content (AvgIpc) is 2.72. The number of nitrogens with one attached hydrogen (secondary N) is 4. The largest absolute Gasteiger partial charge is 0.368 e. The van der Waals surface area contributed by atoms with Gasteiger partial charge in [-0.05, 0) is 49.1 Å². The summed E-state index contributed by atoms with van der Waals surface area (Å²) in [5.41, 5.74) is 1.87. The van der Waals surface area contributed by atoms with Crippen molar-refractivity contribution in [1.82, 2.24) is 20.3 Å². The van der Waals surface area contributed by atoms with Crippen LogP contribution in [0.5, 0.6) is 0 Å². The maximum atomic E-state index is 12.0. The SMILES string of the molecule is CSc1cccc(NC(=O)NCCNc2cc(Nc3cc(C)ccn3)ncn2)c1. The van der Waals surface area contributed by atoms with Gasteiger partial charge in [0.2, 0.25) is 0 Å². The zero-order chi connectivity index (χ0) is 20.5. The molecule has 0 fully saturated rings. The lowest BCUT2D eigenvalue weighted by Gasteiger charge is -2.10. The van der Waals surface area contributed by atoms with Crippen LogP contribution in [0.25, 0.3) is 0 Å². The zero-order valence-corrected chi connectivity index (χ0v) is 17.1. The minimum Gasteiger partial charge on any atom is -0.368 e. The van der Waals surface area contributed by atoms with Gasteiger partial charge in [-0.2, -0.15) is 0 Å². The van der Waals surface area contributed by atoms with Gasteiger partial charge in [0.25, 0.3) is 0 Å². The van der Waals surface area contributed by atoms with E-state index in [-0.39, 0.29) is 6.03 Å². The van der Waals surface area contributed by atoms with E-state index in [1.165, 1.54) is 6.33 Å². The lowest BCUT2D eigenvalue weighted by atomic mass is 10.3. The van der Waals surface area contributed by atoms with Gasteiger partial charge in [0.1, 0.15) is 23.8 Å². The highest BCUT2D eigenvalue weighted by Crippen LogP contribution is 2.18. The van der Waals surface area contributed by atoms with Crippen LogP contribution in [0, 0.1) is 6.92 Å². The van der Waals surface area contributed by atoms with Gasteiger partial charge in [0, 0.05) is 35.9 Å². The zero-order valence-electron chi connectivity index (χ0n) is 16.3. The van der Waals surface area contributed by atoms with E-state index in [0.29, 0.717) is 24.7 Å². The Kier molecular flexibility index (Phi) is 7.23. The van der Waals surface area contributed by atoms with Gasteiger partial charge in [-0.15, -0.1) is 11.8 Å². The molecule has 0 unspecified atom stereocenters. The van der Waals surface area contributed by atoms with E-state index in [9.17, 15) is 4.79 Å². The van der Waals surface area contributed by atoms with Crippen LogP contribution in [0.1, 0.15) is 5.56 Å². The van der Waals surface area contributed by atoms with Gasteiger partial charge in [-0.25, -0.2) is 19.7 Å². The van der Waals surface area contributed by atoms with Crippen molar-refractivity contribution >= 4 is 40.9 Å². The fraction of sp³-hybridized carbons (Fsp3) is 0.200. The normalized spacial score (nSPS) is 10.3. The summed E-state index contributed by atoms with van der Waals surface area (Å²) in [6.45, 7) is 2.97. The number of thioether (sulfide) groups is 1. The van der Waals surface area contributed by atoms with E-state index < -0.39 is 0 Å². The Morgan fingerprint density at radius 3 is 2.66 bits per heavy atom. The first kappa shape index (κ1) is 20.4. The Morgan fingerprint density at radius 1 is 1.00 bits per heavy atom. The number of aromatic nitrogens is 3. The summed E-state index contributed by atoms with van der Waals surface area (Å²) in [7, 11) is 0. The lowest BCUT2D eigenvalue weighted by Crippen LogP contribution is -2.32. The highest BCUT2D eigenvalue weighted by Gasteiger charge is 2.03. The fourth-order valence-corrected chi connectivity index (χ4v) is 2.96. The van der Waals surface area contributed by atoms with Crippen LogP contribution in [-0.2, 0) is 0 Å². The van der Waals surface area contributed by atoms with E-state index in [2.05, 4.69) is 36.2 Å². The molecule has 0 spiro atoms. The van der Waals surface area contributed by atoms with Crippen LogP contribution in [0.2, 0.25) is 0 Å². The third-order valence-electron chi connectivity index (χ3n) is 3.88. The molecule has 0 saturated heterocycles. The highest BCUT2D eigenvalue weighted by atomic mass is 32.2. The molecule has 0 atom stereocenters. The molecule has 4 N–H and O–H groups in total. The third-order valence-corrected chi connectivity index (χ3v) is 4.61. The number of benzene rings is 1. The molecule has 0 aliphatic rings. The van der Waals surface area contributed by atoms with Crippen molar-refractivity contribution in [2.24, 2.45) is 0 Å². The number of urea groups is 1. The Bertz CT molecular complexity index is 967. The standard InChI is InChI=1S/C20H23N7OS/c1-14-6-7-21-18(10-14)27-19-12-17(24-13-25-19)22-8-9-23-20(28)26-15-4-3-5-16(11-15)29-2/h3-7,10-13H,8-9H2,1-2H3,(H2,23,26,28)(H2,21,22,24,25,27). The molecule has 0 radical (unpaired) electrons. The van der Waals surface area contributed by atoms with Crippen LogP contribution in [0.3, 0.4) is 0 Å². The second kappa shape index (κ2) is 10.3. The van der Waals surface area contributed by atoms with E-state index in [0.717, 1.165) is 22.0 Å². The summed E-state index contributed by atoms with van der Waals surface area (Å²) in [5.74, 6) is 2.02. The van der Waals surface area contributed by atoms with Crippen molar-refractivity contribution in [3.8, 4) is 0 Å². The first-order valence-electron chi connectivity index (χ1n) is 9.07. The molecule has 2 heterocycles. The molecule has 0 bridgehead atoms. The van der Waals surface area contributed by atoms with Crippen LogP contribution in [0.4, 0.5) is 27.9 Å². The second-order valence-electron chi connectivity index (χ2n) is 6.17. The number of rotatable bonds is 8. The average molecular weight is 410 g/mol. The first-order chi connectivity index (χ1) is 14.1. The molecule has 2 amide bonds. The fourth-order valence-electron chi connectivity index (χ4n) is 2.50. The molecular formula is C20H23N7OS. The molecule has 8 nitrogen and oxygen atoms in total. The van der Waals surface area contributed by atoms with Gasteiger partial charge in [0.05, 0.1) is 0 Å². The Balaban J connectivity index is 1.43. The number of amides is 2. The Hall–Kier alpha value is -3.33. The Labute approximate surface area is 174 Å². The van der Waals surface area contributed by atoms with Crippen molar-refractivity contribution < 1.29 is 4.79 Å². The smallest absolute Gasteiger partial charge is 0.319 e. The summed E-state index contributed by atoms with van der Waals surface area (Å²) in [5, 5.41) is 11.9. The van der Waals surface area contributed by atoms with Crippen LogP contribution in [-0.4, -0.2) is 40.3 Å². The van der Waals surface area contributed by atoms with E-state index >= 15 is 0 Å². The van der Waals surface area contributed by atoms with Gasteiger partial charge in [0.15, 0.2) is 0 Å². The predicted octanol–water partition coefficient (Wildman–Crippen LogP) is 3.88. The van der Waals surface area contributed by atoms with Crippen molar-refractivity contribution in [3.05, 3.63) is 60.6 Å². The lowest BCUT2D eigenvalue weighted by molar-refractivity contribution is 0.252. The topological polar surface area (TPSA) is 104 Å². The molecule has 150 valence electrons. The van der Waals surface area contributed by atoms with Crippen molar-refractivity contribution in [1.29, 1.82) is 0 Å². The number of anilines is 4. The third kappa shape index (κ3) is 6.65.